The minimum atomic E-state index is -4.34. The molecule has 0 radical (unpaired) electrons. The highest BCUT2D eigenvalue weighted by Crippen LogP contribution is 2.26. The van der Waals surface area contributed by atoms with E-state index in [0.29, 0.717) is 10.5 Å². The van der Waals surface area contributed by atoms with Crippen LogP contribution in [0, 0.1) is 0 Å². The van der Waals surface area contributed by atoms with Gasteiger partial charge in [-0.15, -0.1) is 0 Å². The van der Waals surface area contributed by atoms with E-state index < -0.39 is 6.30 Å². The molecule has 1 aromatic carbocycles. The number of alkyl halides is 3. The van der Waals surface area contributed by atoms with Gasteiger partial charge in [0.05, 0.1) is 6.54 Å². The van der Waals surface area contributed by atoms with Gasteiger partial charge in [0, 0.05) is 12.1 Å². The maximum absolute atomic E-state index is 12.5. The predicted octanol–water partition coefficient (Wildman–Crippen LogP) is 2.27. The van der Waals surface area contributed by atoms with Gasteiger partial charge in [-0.3, -0.25) is 9.89 Å². The van der Waals surface area contributed by atoms with Crippen molar-refractivity contribution >= 4 is 5.84 Å². The van der Waals surface area contributed by atoms with E-state index in [2.05, 4.69) is 4.99 Å². The third-order valence-corrected chi connectivity index (χ3v) is 2.18. The van der Waals surface area contributed by atoms with E-state index in [4.69, 9.17) is 0 Å². The van der Waals surface area contributed by atoms with Crippen molar-refractivity contribution in [3.05, 3.63) is 35.9 Å². The molecule has 2 nitrogen and oxygen atoms in total. The standard InChI is InChI=1S/C10H9F3N2/c11-10(12,13)15-7-6-14-9(15)8-4-2-1-3-5-8/h1-5H,6-7H2. The molecule has 15 heavy (non-hydrogen) atoms. The second-order valence-corrected chi connectivity index (χ2v) is 3.19. The van der Waals surface area contributed by atoms with Gasteiger partial charge in [-0.2, -0.15) is 13.2 Å². The largest absolute Gasteiger partial charge is 0.486 e. The average Bonchev–Trinajstić information content (AvgIpc) is 2.67. The van der Waals surface area contributed by atoms with E-state index in [9.17, 15) is 13.2 Å². The van der Waals surface area contributed by atoms with Crippen LogP contribution in [0.2, 0.25) is 0 Å². The molecule has 0 saturated heterocycles. The minimum Gasteiger partial charge on any atom is -0.266 e. The van der Waals surface area contributed by atoms with Gasteiger partial charge in [-0.05, 0) is 0 Å². The molecule has 0 unspecified atom stereocenters. The van der Waals surface area contributed by atoms with Gasteiger partial charge in [0.1, 0.15) is 5.84 Å². The zero-order chi connectivity index (χ0) is 10.9. The number of hydrogen-bond acceptors (Lipinski definition) is 2. The molecule has 0 bridgehead atoms. The van der Waals surface area contributed by atoms with Gasteiger partial charge >= 0.3 is 6.30 Å². The van der Waals surface area contributed by atoms with Crippen LogP contribution in [0.4, 0.5) is 13.2 Å². The van der Waals surface area contributed by atoms with Crippen LogP contribution in [0.15, 0.2) is 35.3 Å². The van der Waals surface area contributed by atoms with Crippen LogP contribution in [-0.2, 0) is 0 Å². The Hall–Kier alpha value is -1.52. The first-order valence-electron chi connectivity index (χ1n) is 4.53. The fourth-order valence-electron chi connectivity index (χ4n) is 1.53. The Labute approximate surface area is 85.0 Å². The molecule has 5 heteroatoms. The highest BCUT2D eigenvalue weighted by Gasteiger charge is 2.41. The summed E-state index contributed by atoms with van der Waals surface area (Å²) in [6.45, 7) is 0.109. The molecule has 0 amide bonds. The Kier molecular flexibility index (Phi) is 2.38. The van der Waals surface area contributed by atoms with Crippen molar-refractivity contribution in [3.63, 3.8) is 0 Å². The highest BCUT2D eigenvalue weighted by atomic mass is 19.4. The van der Waals surface area contributed by atoms with E-state index >= 15 is 0 Å². The quantitative estimate of drug-likeness (QED) is 0.655. The van der Waals surface area contributed by atoms with Crippen LogP contribution in [0.1, 0.15) is 5.56 Å². The molecule has 0 saturated carbocycles. The van der Waals surface area contributed by atoms with Crippen LogP contribution in [0.25, 0.3) is 0 Å². The Morgan fingerprint density at radius 3 is 2.40 bits per heavy atom. The highest BCUT2D eigenvalue weighted by molar-refractivity contribution is 5.99. The Balaban J connectivity index is 2.30. The first-order chi connectivity index (χ1) is 7.09. The van der Waals surface area contributed by atoms with Crippen molar-refractivity contribution in [2.75, 3.05) is 13.1 Å². The summed E-state index contributed by atoms with van der Waals surface area (Å²) in [7, 11) is 0. The minimum absolute atomic E-state index is 0.0168. The summed E-state index contributed by atoms with van der Waals surface area (Å²) in [6.07, 6.45) is -4.34. The summed E-state index contributed by atoms with van der Waals surface area (Å²) >= 11 is 0. The fraction of sp³-hybridized carbons (Fsp3) is 0.300. The molecule has 1 aliphatic rings. The molecule has 80 valence electrons. The monoisotopic (exact) mass is 214 g/mol. The summed E-state index contributed by atoms with van der Waals surface area (Å²) in [5, 5.41) is 0. The van der Waals surface area contributed by atoms with Crippen LogP contribution >= 0.6 is 0 Å². The lowest BCUT2D eigenvalue weighted by Crippen LogP contribution is -2.40. The van der Waals surface area contributed by atoms with Gasteiger partial charge in [-0.25, -0.2) is 0 Å². The smallest absolute Gasteiger partial charge is 0.266 e. The molecule has 0 aliphatic carbocycles. The average molecular weight is 214 g/mol. The summed E-state index contributed by atoms with van der Waals surface area (Å²) < 4.78 is 37.6. The van der Waals surface area contributed by atoms with Gasteiger partial charge in [0.2, 0.25) is 0 Å². The molecule has 1 heterocycles. The van der Waals surface area contributed by atoms with Crippen molar-refractivity contribution in [2.24, 2.45) is 4.99 Å². The molecule has 0 aromatic heterocycles. The first kappa shape index (κ1) is 10.0. The summed E-state index contributed by atoms with van der Waals surface area (Å²) in [4.78, 5) is 4.25. The van der Waals surface area contributed by atoms with Gasteiger partial charge < -0.3 is 0 Å². The zero-order valence-electron chi connectivity index (χ0n) is 7.83. The lowest BCUT2D eigenvalue weighted by Gasteiger charge is -2.22. The predicted molar refractivity (Wildman–Crippen MR) is 50.6 cm³/mol. The molecule has 2 rings (SSSR count). The number of amidine groups is 1. The summed E-state index contributed by atoms with van der Waals surface area (Å²) in [5.74, 6) is 0.0168. The Morgan fingerprint density at radius 2 is 1.80 bits per heavy atom. The molecule has 0 N–H and O–H groups in total. The second-order valence-electron chi connectivity index (χ2n) is 3.19. The Bertz CT molecular complexity index is 370. The topological polar surface area (TPSA) is 15.6 Å². The molecule has 1 aromatic rings. The van der Waals surface area contributed by atoms with Crippen LogP contribution in [0.3, 0.4) is 0 Å². The van der Waals surface area contributed by atoms with Crippen molar-refractivity contribution in [1.29, 1.82) is 0 Å². The van der Waals surface area contributed by atoms with Crippen molar-refractivity contribution in [3.8, 4) is 0 Å². The van der Waals surface area contributed by atoms with E-state index in [1.165, 1.54) is 0 Å². The fourth-order valence-corrected chi connectivity index (χ4v) is 1.53. The van der Waals surface area contributed by atoms with Gasteiger partial charge in [-0.1, -0.05) is 30.3 Å². The summed E-state index contributed by atoms with van der Waals surface area (Å²) in [5.41, 5.74) is 0.507. The van der Waals surface area contributed by atoms with Crippen molar-refractivity contribution < 1.29 is 13.2 Å². The third-order valence-electron chi connectivity index (χ3n) is 2.18. The number of halogens is 3. The normalized spacial score (nSPS) is 16.7. The number of nitrogens with zero attached hydrogens (tertiary/aromatic N) is 2. The van der Waals surface area contributed by atoms with E-state index in [-0.39, 0.29) is 18.9 Å². The molecule has 0 fully saturated rings. The van der Waals surface area contributed by atoms with Crippen molar-refractivity contribution in [1.82, 2.24) is 4.90 Å². The first-order valence-corrected chi connectivity index (χ1v) is 4.53. The SMILES string of the molecule is FC(F)(F)N1CCN=C1c1ccccc1. The second kappa shape index (κ2) is 3.56. The number of rotatable bonds is 1. The zero-order valence-corrected chi connectivity index (χ0v) is 7.83. The lowest BCUT2D eigenvalue weighted by molar-refractivity contribution is -0.214. The van der Waals surface area contributed by atoms with Crippen molar-refractivity contribution in [2.45, 2.75) is 6.30 Å². The van der Waals surface area contributed by atoms with Crippen LogP contribution < -0.4 is 0 Å². The molecular weight excluding hydrogens is 205 g/mol. The third kappa shape index (κ3) is 1.95. The van der Waals surface area contributed by atoms with Gasteiger partial charge in [0.25, 0.3) is 0 Å². The molecule has 1 aliphatic heterocycles. The Morgan fingerprint density at radius 1 is 1.13 bits per heavy atom. The molecule has 0 spiro atoms. The van der Waals surface area contributed by atoms with E-state index in [1.54, 1.807) is 30.3 Å². The summed E-state index contributed by atoms with van der Waals surface area (Å²) in [6, 6.07) is 8.41. The lowest BCUT2D eigenvalue weighted by atomic mass is 10.2. The maximum Gasteiger partial charge on any atom is 0.486 e. The number of aliphatic imine (C=N–C) groups is 1. The van der Waals surface area contributed by atoms with Crippen LogP contribution in [0.5, 0.6) is 0 Å². The number of hydrogen-bond donors (Lipinski definition) is 0. The maximum atomic E-state index is 12.5. The van der Waals surface area contributed by atoms with Crippen LogP contribution in [-0.4, -0.2) is 30.1 Å². The molecular formula is C10H9F3N2. The molecule has 0 atom stereocenters. The van der Waals surface area contributed by atoms with E-state index in [1.807, 2.05) is 0 Å². The van der Waals surface area contributed by atoms with E-state index in [0.717, 1.165) is 0 Å². The van der Waals surface area contributed by atoms with Gasteiger partial charge in [0.15, 0.2) is 0 Å². The number of benzene rings is 1.